The summed E-state index contributed by atoms with van der Waals surface area (Å²) in [5.41, 5.74) is 0.221. The van der Waals surface area contributed by atoms with Crippen molar-refractivity contribution in [3.63, 3.8) is 0 Å². The first-order chi connectivity index (χ1) is 8.60. The van der Waals surface area contributed by atoms with Gasteiger partial charge in [0.15, 0.2) is 0 Å². The quantitative estimate of drug-likeness (QED) is 0.428. The number of methoxy groups -OCH3 is 1. The van der Waals surface area contributed by atoms with Crippen molar-refractivity contribution in [1.82, 2.24) is 9.97 Å². The Bertz CT molecular complexity index is 424. The zero-order valence-corrected chi connectivity index (χ0v) is 10.7. The molecule has 1 aromatic rings. The van der Waals surface area contributed by atoms with E-state index in [9.17, 15) is 10.1 Å². The molecular formula is C10H17N5O3. The van der Waals surface area contributed by atoms with Crippen molar-refractivity contribution in [3.05, 3.63) is 15.8 Å². The highest BCUT2D eigenvalue weighted by Gasteiger charge is 2.21. The average Bonchev–Trinajstić information content (AvgIpc) is 2.28. The SMILES string of the molecule is CCNc1nc(C)c([N+](=O)[O-])c(NCCOC)n1. The van der Waals surface area contributed by atoms with Gasteiger partial charge < -0.3 is 15.4 Å². The second kappa shape index (κ2) is 6.70. The number of aromatic nitrogens is 2. The van der Waals surface area contributed by atoms with Crippen LogP contribution < -0.4 is 10.6 Å². The molecule has 0 fully saturated rings. The normalized spacial score (nSPS) is 10.2. The standard InChI is InChI=1S/C10H17N5O3/c1-4-11-10-13-7(2)8(15(16)17)9(14-10)12-5-6-18-3/h4-6H2,1-3H3,(H2,11,12,13,14). The lowest BCUT2D eigenvalue weighted by molar-refractivity contribution is -0.385. The van der Waals surface area contributed by atoms with Crippen molar-refractivity contribution in [3.8, 4) is 0 Å². The van der Waals surface area contributed by atoms with Gasteiger partial charge >= 0.3 is 5.69 Å². The van der Waals surface area contributed by atoms with E-state index in [0.717, 1.165) is 0 Å². The van der Waals surface area contributed by atoms with Crippen LogP contribution in [0.15, 0.2) is 0 Å². The molecule has 0 atom stereocenters. The molecule has 0 spiro atoms. The summed E-state index contributed by atoms with van der Waals surface area (Å²) in [7, 11) is 1.56. The van der Waals surface area contributed by atoms with Gasteiger partial charge in [0, 0.05) is 20.2 Å². The van der Waals surface area contributed by atoms with Crippen LogP contribution in [0.4, 0.5) is 17.5 Å². The van der Waals surface area contributed by atoms with E-state index in [2.05, 4.69) is 20.6 Å². The van der Waals surface area contributed by atoms with Crippen molar-refractivity contribution >= 4 is 17.5 Å². The van der Waals surface area contributed by atoms with Gasteiger partial charge in [-0.3, -0.25) is 10.1 Å². The first kappa shape index (κ1) is 14.1. The molecule has 0 radical (unpaired) electrons. The van der Waals surface area contributed by atoms with Crippen LogP contribution in [-0.2, 0) is 4.74 Å². The minimum atomic E-state index is -0.486. The van der Waals surface area contributed by atoms with E-state index in [4.69, 9.17) is 4.74 Å². The lowest BCUT2D eigenvalue weighted by Gasteiger charge is -2.09. The van der Waals surface area contributed by atoms with E-state index in [-0.39, 0.29) is 11.5 Å². The van der Waals surface area contributed by atoms with E-state index >= 15 is 0 Å². The largest absolute Gasteiger partial charge is 0.383 e. The molecule has 0 unspecified atom stereocenters. The number of aryl methyl sites for hydroxylation is 1. The average molecular weight is 255 g/mol. The van der Waals surface area contributed by atoms with Gasteiger partial charge in [0.1, 0.15) is 5.69 Å². The maximum Gasteiger partial charge on any atom is 0.332 e. The van der Waals surface area contributed by atoms with Crippen molar-refractivity contribution in [2.45, 2.75) is 13.8 Å². The van der Waals surface area contributed by atoms with Crippen LogP contribution in [-0.4, -0.2) is 41.7 Å². The first-order valence-electron chi connectivity index (χ1n) is 5.59. The van der Waals surface area contributed by atoms with Gasteiger partial charge in [0.2, 0.25) is 11.8 Å². The molecule has 8 nitrogen and oxygen atoms in total. The molecule has 18 heavy (non-hydrogen) atoms. The number of rotatable bonds is 7. The second-order valence-corrected chi connectivity index (χ2v) is 3.54. The van der Waals surface area contributed by atoms with Crippen molar-refractivity contribution in [2.24, 2.45) is 0 Å². The molecule has 1 heterocycles. The zero-order valence-electron chi connectivity index (χ0n) is 10.7. The Kier molecular flexibility index (Phi) is 5.25. The molecule has 1 rings (SSSR count). The van der Waals surface area contributed by atoms with Crippen molar-refractivity contribution in [1.29, 1.82) is 0 Å². The molecule has 0 aliphatic carbocycles. The van der Waals surface area contributed by atoms with Gasteiger partial charge in [-0.25, -0.2) is 4.98 Å². The van der Waals surface area contributed by atoms with E-state index in [0.29, 0.717) is 31.3 Å². The van der Waals surface area contributed by atoms with Crippen LogP contribution in [0.2, 0.25) is 0 Å². The predicted octanol–water partition coefficient (Wildman–Crippen LogP) is 1.18. The number of nitro groups is 1. The van der Waals surface area contributed by atoms with Crippen LogP contribution in [0.25, 0.3) is 0 Å². The molecule has 2 N–H and O–H groups in total. The second-order valence-electron chi connectivity index (χ2n) is 3.54. The van der Waals surface area contributed by atoms with Crippen molar-refractivity contribution in [2.75, 3.05) is 37.4 Å². The molecule has 1 aromatic heterocycles. The summed E-state index contributed by atoms with van der Waals surface area (Å²) in [5.74, 6) is 0.584. The highest BCUT2D eigenvalue weighted by molar-refractivity contribution is 5.60. The number of hydrogen-bond acceptors (Lipinski definition) is 7. The van der Waals surface area contributed by atoms with E-state index < -0.39 is 4.92 Å². The monoisotopic (exact) mass is 255 g/mol. The summed E-state index contributed by atoms with van der Waals surface area (Å²) < 4.78 is 4.88. The van der Waals surface area contributed by atoms with Crippen molar-refractivity contribution < 1.29 is 9.66 Å². The number of nitrogens with zero attached hydrogens (tertiary/aromatic N) is 3. The fourth-order valence-electron chi connectivity index (χ4n) is 1.42. The highest BCUT2D eigenvalue weighted by atomic mass is 16.6. The van der Waals surface area contributed by atoms with E-state index in [1.807, 2.05) is 6.92 Å². The molecule has 8 heteroatoms. The summed E-state index contributed by atoms with van der Waals surface area (Å²) in [5, 5.41) is 16.8. The van der Waals surface area contributed by atoms with Gasteiger partial charge in [-0.05, 0) is 13.8 Å². The Morgan fingerprint density at radius 2 is 2.11 bits per heavy atom. The number of anilines is 2. The molecule has 0 aliphatic rings. The lowest BCUT2D eigenvalue weighted by Crippen LogP contribution is -2.14. The molecule has 0 bridgehead atoms. The third-order valence-electron chi connectivity index (χ3n) is 2.17. The van der Waals surface area contributed by atoms with Gasteiger partial charge in [0.25, 0.3) is 0 Å². The Morgan fingerprint density at radius 3 is 2.67 bits per heavy atom. The predicted molar refractivity (Wildman–Crippen MR) is 68.0 cm³/mol. The summed E-state index contributed by atoms with van der Waals surface area (Å²) in [6, 6.07) is 0. The minimum Gasteiger partial charge on any atom is -0.383 e. The Hall–Kier alpha value is -1.96. The van der Waals surface area contributed by atoms with Crippen LogP contribution in [0.5, 0.6) is 0 Å². The van der Waals surface area contributed by atoms with Crippen LogP contribution >= 0.6 is 0 Å². The minimum absolute atomic E-state index is 0.104. The Morgan fingerprint density at radius 1 is 1.39 bits per heavy atom. The molecule has 0 saturated carbocycles. The van der Waals surface area contributed by atoms with Gasteiger partial charge in [0.05, 0.1) is 11.5 Å². The smallest absolute Gasteiger partial charge is 0.332 e. The molecule has 0 aliphatic heterocycles. The Labute approximate surface area is 105 Å². The molecule has 0 amide bonds. The summed E-state index contributed by atoms with van der Waals surface area (Å²) in [6.45, 7) is 5.02. The molecule has 0 saturated heterocycles. The van der Waals surface area contributed by atoms with Gasteiger partial charge in [-0.2, -0.15) is 4.98 Å². The number of ether oxygens (including phenoxy) is 1. The number of nitrogens with one attached hydrogen (secondary N) is 2. The van der Waals surface area contributed by atoms with E-state index in [1.54, 1.807) is 14.0 Å². The van der Waals surface area contributed by atoms with Gasteiger partial charge in [-0.15, -0.1) is 0 Å². The maximum atomic E-state index is 11.0. The molecule has 0 aromatic carbocycles. The summed E-state index contributed by atoms with van der Waals surface area (Å²) in [6.07, 6.45) is 0. The molecule has 100 valence electrons. The van der Waals surface area contributed by atoms with Crippen LogP contribution in [0.3, 0.4) is 0 Å². The topological polar surface area (TPSA) is 102 Å². The third-order valence-corrected chi connectivity index (χ3v) is 2.17. The fraction of sp³-hybridized carbons (Fsp3) is 0.600. The summed E-state index contributed by atoms with van der Waals surface area (Å²) >= 11 is 0. The fourth-order valence-corrected chi connectivity index (χ4v) is 1.42. The molecular weight excluding hydrogens is 238 g/mol. The first-order valence-corrected chi connectivity index (χ1v) is 5.59. The lowest BCUT2D eigenvalue weighted by atomic mass is 10.3. The van der Waals surface area contributed by atoms with E-state index in [1.165, 1.54) is 0 Å². The number of hydrogen-bond donors (Lipinski definition) is 2. The van der Waals surface area contributed by atoms with Gasteiger partial charge in [-0.1, -0.05) is 0 Å². The third kappa shape index (κ3) is 3.52. The zero-order chi connectivity index (χ0) is 13.5. The Balaban J connectivity index is 3.03. The van der Waals surface area contributed by atoms with Crippen LogP contribution in [0.1, 0.15) is 12.6 Å². The summed E-state index contributed by atoms with van der Waals surface area (Å²) in [4.78, 5) is 18.6. The maximum absolute atomic E-state index is 11.0. The highest BCUT2D eigenvalue weighted by Crippen LogP contribution is 2.26. The van der Waals surface area contributed by atoms with Crippen LogP contribution in [0, 0.1) is 17.0 Å².